The lowest BCUT2D eigenvalue weighted by atomic mass is 9.76. The highest BCUT2D eigenvalue weighted by Gasteiger charge is 2.42. The maximum atomic E-state index is 13.8. The van der Waals surface area contributed by atoms with Crippen LogP contribution in [0.5, 0.6) is 0 Å². The van der Waals surface area contributed by atoms with Crippen molar-refractivity contribution in [1.29, 1.82) is 0 Å². The summed E-state index contributed by atoms with van der Waals surface area (Å²) in [7, 11) is 0. The average molecular weight is 524 g/mol. The van der Waals surface area contributed by atoms with E-state index in [4.69, 9.17) is 15.7 Å². The first-order chi connectivity index (χ1) is 17.4. The fraction of sp³-hybridized carbons (Fsp3) is 0.560. The van der Waals surface area contributed by atoms with E-state index in [1.54, 1.807) is 12.1 Å². The van der Waals surface area contributed by atoms with Gasteiger partial charge in [0.1, 0.15) is 6.61 Å². The Bertz CT molecular complexity index is 1170. The van der Waals surface area contributed by atoms with Crippen molar-refractivity contribution in [3.8, 4) is 5.69 Å². The van der Waals surface area contributed by atoms with E-state index in [9.17, 15) is 22.8 Å². The maximum absolute atomic E-state index is 13.8. The number of benzene rings is 1. The Labute approximate surface area is 212 Å². The first kappa shape index (κ1) is 26.9. The minimum absolute atomic E-state index is 0.0314. The van der Waals surface area contributed by atoms with E-state index in [-0.39, 0.29) is 35.3 Å². The molecule has 1 heterocycles. The summed E-state index contributed by atoms with van der Waals surface area (Å²) in [5.41, 5.74) is 7.94. The molecule has 2 amide bonds. The molecule has 202 valence electrons. The zero-order chi connectivity index (χ0) is 27.0. The summed E-state index contributed by atoms with van der Waals surface area (Å²) in [6.45, 7) is 3.82. The van der Waals surface area contributed by atoms with Gasteiger partial charge in [0.25, 0.3) is 11.8 Å². The summed E-state index contributed by atoms with van der Waals surface area (Å²) in [5.74, 6) is -1.28. The number of aromatic nitrogens is 2. The first-order valence-electron chi connectivity index (χ1n) is 12.3. The van der Waals surface area contributed by atoms with Crippen LogP contribution in [0.4, 0.5) is 18.9 Å². The van der Waals surface area contributed by atoms with Crippen molar-refractivity contribution in [2.75, 3.05) is 11.9 Å². The Kier molecular flexibility index (Phi) is 7.52. The van der Waals surface area contributed by atoms with Gasteiger partial charge < -0.3 is 15.8 Å². The highest BCUT2D eigenvalue weighted by molar-refractivity contribution is 5.99. The molecular formula is C25H32F3N5O4. The number of carbonyl (C=O) groups is 2. The number of nitrogens with zero attached hydrogens (tertiary/aromatic N) is 2. The molecule has 1 aromatic carbocycles. The molecule has 2 aliphatic rings. The zero-order valence-electron chi connectivity index (χ0n) is 20.8. The Balaban J connectivity index is 1.60. The molecule has 0 spiro atoms. The quantitative estimate of drug-likeness (QED) is 0.323. The average Bonchev–Trinajstić information content (AvgIpc) is 3.21. The van der Waals surface area contributed by atoms with Gasteiger partial charge in [0.2, 0.25) is 0 Å². The number of anilines is 1. The van der Waals surface area contributed by atoms with Crippen molar-refractivity contribution in [1.82, 2.24) is 15.3 Å². The van der Waals surface area contributed by atoms with Crippen molar-refractivity contribution in [3.05, 3.63) is 40.7 Å². The topological polar surface area (TPSA) is 132 Å². The molecule has 4 rings (SSSR count). The Morgan fingerprint density at radius 3 is 2.57 bits per heavy atom. The Morgan fingerprint density at radius 1 is 1.24 bits per heavy atom. The normalized spacial score (nSPS) is 21.2. The predicted molar refractivity (Wildman–Crippen MR) is 128 cm³/mol. The maximum Gasteiger partial charge on any atom is 0.435 e. The second-order valence-corrected chi connectivity index (χ2v) is 10.6. The van der Waals surface area contributed by atoms with Crippen LogP contribution in [0.1, 0.15) is 73.3 Å². The van der Waals surface area contributed by atoms with E-state index in [0.717, 1.165) is 0 Å². The van der Waals surface area contributed by atoms with Crippen LogP contribution in [0, 0.1) is 5.41 Å². The second-order valence-electron chi connectivity index (χ2n) is 10.6. The molecule has 0 unspecified atom stereocenters. The van der Waals surface area contributed by atoms with E-state index in [2.05, 4.69) is 10.4 Å². The molecule has 2 aliphatic carbocycles. The van der Waals surface area contributed by atoms with Crippen LogP contribution < -0.4 is 16.5 Å². The number of carbonyl (C=O) groups excluding carboxylic acids is 2. The monoisotopic (exact) mass is 523 g/mol. The van der Waals surface area contributed by atoms with Gasteiger partial charge in [-0.1, -0.05) is 13.8 Å². The van der Waals surface area contributed by atoms with Crippen LogP contribution in [0.25, 0.3) is 5.69 Å². The van der Waals surface area contributed by atoms with Crippen LogP contribution in [0.2, 0.25) is 0 Å². The van der Waals surface area contributed by atoms with E-state index in [0.29, 0.717) is 62.0 Å². The van der Waals surface area contributed by atoms with Gasteiger partial charge in [-0.15, -0.1) is 0 Å². The summed E-state index contributed by atoms with van der Waals surface area (Å²) in [6, 6.07) is 4.68. The molecule has 5 N–H and O–H groups in total. The third-order valence-corrected chi connectivity index (χ3v) is 7.18. The number of amides is 2. The number of nitrogens with two attached hydrogens (primary N) is 1. The van der Waals surface area contributed by atoms with Gasteiger partial charge in [-0.2, -0.15) is 18.3 Å². The number of hydrogen-bond donors (Lipinski definition) is 4. The third-order valence-electron chi connectivity index (χ3n) is 7.18. The lowest BCUT2D eigenvalue weighted by Gasteiger charge is -2.31. The number of primary amides is 1. The molecule has 37 heavy (non-hydrogen) atoms. The van der Waals surface area contributed by atoms with Gasteiger partial charge in [-0.25, -0.2) is 10.2 Å². The molecule has 0 saturated heterocycles. The minimum atomic E-state index is -4.57. The van der Waals surface area contributed by atoms with Gasteiger partial charge in [-0.3, -0.25) is 14.8 Å². The summed E-state index contributed by atoms with van der Waals surface area (Å²) >= 11 is 0. The fourth-order valence-corrected chi connectivity index (χ4v) is 5.19. The van der Waals surface area contributed by atoms with Crippen LogP contribution in [-0.2, 0) is 28.5 Å². The molecule has 1 fully saturated rings. The standard InChI is InChI=1S/C25H32F3N5O4/c1-24(2)10-9-18-20(12-24)33(31-22(18)25(26,27)28)15-5-8-17(23(29)35)19(11-15)30-14-3-6-16(7-4-14)37-13-21(34)32-36/h5,8,11,14,16,30,36H,3-4,6-7,9-10,12-13H2,1-2H3,(H2,29,35)(H,32,34). The summed E-state index contributed by atoms with van der Waals surface area (Å²) < 4.78 is 48.3. The highest BCUT2D eigenvalue weighted by Crippen LogP contribution is 2.42. The Morgan fingerprint density at radius 2 is 1.95 bits per heavy atom. The van der Waals surface area contributed by atoms with E-state index in [1.807, 2.05) is 13.8 Å². The number of rotatable bonds is 7. The van der Waals surface area contributed by atoms with Crippen LogP contribution in [0.15, 0.2) is 18.2 Å². The van der Waals surface area contributed by atoms with Gasteiger partial charge in [-0.05, 0) is 68.6 Å². The molecule has 2 aromatic rings. The molecule has 0 bridgehead atoms. The minimum Gasteiger partial charge on any atom is -0.382 e. The van der Waals surface area contributed by atoms with Gasteiger partial charge >= 0.3 is 6.18 Å². The molecule has 0 aliphatic heterocycles. The van der Waals surface area contributed by atoms with E-state index < -0.39 is 23.7 Å². The van der Waals surface area contributed by atoms with Crippen molar-refractivity contribution in [2.45, 2.75) is 77.1 Å². The van der Waals surface area contributed by atoms with Crippen molar-refractivity contribution in [3.63, 3.8) is 0 Å². The predicted octanol–water partition coefficient (Wildman–Crippen LogP) is 3.75. The van der Waals surface area contributed by atoms with Gasteiger partial charge in [0.05, 0.1) is 17.4 Å². The number of nitrogens with one attached hydrogen (secondary N) is 2. The second kappa shape index (κ2) is 10.3. The van der Waals surface area contributed by atoms with E-state index >= 15 is 0 Å². The molecule has 1 aromatic heterocycles. The molecule has 9 nitrogen and oxygen atoms in total. The molecule has 12 heteroatoms. The number of hydrogen-bond acceptors (Lipinski definition) is 6. The zero-order valence-corrected chi connectivity index (χ0v) is 20.8. The van der Waals surface area contributed by atoms with Gasteiger partial charge in [0, 0.05) is 23.0 Å². The number of ether oxygens (including phenoxy) is 1. The van der Waals surface area contributed by atoms with Gasteiger partial charge in [0.15, 0.2) is 5.69 Å². The van der Waals surface area contributed by atoms with Crippen LogP contribution in [-0.4, -0.2) is 45.6 Å². The SMILES string of the molecule is CC1(C)CCc2c(C(F)(F)F)nn(-c3ccc(C(N)=O)c(NC4CCC(OCC(=O)NO)CC4)c3)c2C1. The summed E-state index contributed by atoms with van der Waals surface area (Å²) in [6.07, 6.45) is -0.663. The third kappa shape index (κ3) is 6.07. The number of alkyl halides is 3. The van der Waals surface area contributed by atoms with Crippen molar-refractivity contribution < 1.29 is 32.7 Å². The molecule has 0 atom stereocenters. The largest absolute Gasteiger partial charge is 0.435 e. The van der Waals surface area contributed by atoms with E-state index in [1.165, 1.54) is 16.2 Å². The highest BCUT2D eigenvalue weighted by atomic mass is 19.4. The van der Waals surface area contributed by atoms with Crippen LogP contribution >= 0.6 is 0 Å². The lowest BCUT2D eigenvalue weighted by Crippen LogP contribution is -2.33. The number of halogens is 3. The Hall–Kier alpha value is -3.12. The first-order valence-corrected chi connectivity index (χ1v) is 12.3. The lowest BCUT2D eigenvalue weighted by molar-refractivity contribution is -0.142. The smallest absolute Gasteiger partial charge is 0.382 e. The fourth-order valence-electron chi connectivity index (χ4n) is 5.19. The number of fused-ring (bicyclic) bond motifs is 1. The molecule has 0 radical (unpaired) electrons. The summed E-state index contributed by atoms with van der Waals surface area (Å²) in [4.78, 5) is 23.3. The molecule has 1 saturated carbocycles. The van der Waals surface area contributed by atoms with Crippen molar-refractivity contribution in [2.24, 2.45) is 11.1 Å². The summed E-state index contributed by atoms with van der Waals surface area (Å²) in [5, 5.41) is 15.9. The van der Waals surface area contributed by atoms with Crippen molar-refractivity contribution >= 4 is 17.5 Å². The molecular weight excluding hydrogens is 491 g/mol. The number of hydroxylamine groups is 1. The van der Waals surface area contributed by atoms with Crippen LogP contribution in [0.3, 0.4) is 0 Å².